The van der Waals surface area contributed by atoms with Gasteiger partial charge in [-0.15, -0.1) is 0 Å². The molecule has 0 aliphatic heterocycles. The van der Waals surface area contributed by atoms with Crippen molar-refractivity contribution in [2.75, 3.05) is 0 Å². The van der Waals surface area contributed by atoms with Crippen LogP contribution in [0.15, 0.2) is 0 Å². The standard InChI is InChI=1S/C15H28O4.Ba.2H/c1-4-5-6-7-8-9-12(11(2)3)10-13(14(16)17)15(18)19;;;/h11-13H,4-10H2,1-3H3,(H,16,17)(H,18,19);;;/q;+2;2*-1. The molecule has 116 valence electrons. The van der Waals surface area contributed by atoms with Crippen LogP contribution in [0, 0.1) is 17.8 Å². The Labute approximate surface area is 165 Å². The summed E-state index contributed by atoms with van der Waals surface area (Å²) in [5.41, 5.74) is 0. The number of carboxylic acids is 2. The van der Waals surface area contributed by atoms with Crippen molar-refractivity contribution in [1.82, 2.24) is 0 Å². The quantitative estimate of drug-likeness (QED) is 0.309. The van der Waals surface area contributed by atoms with E-state index < -0.39 is 17.9 Å². The molecule has 0 heterocycles. The SMILES string of the molecule is CCCCCCCC(CC(C(=O)O)C(=O)O)C(C)C.[Ba+2].[H-].[H-]. The zero-order chi connectivity index (χ0) is 14.8. The van der Waals surface area contributed by atoms with Gasteiger partial charge in [-0.1, -0.05) is 59.3 Å². The van der Waals surface area contributed by atoms with E-state index in [9.17, 15) is 9.59 Å². The molecule has 0 aromatic rings. The Kier molecular flexibility index (Phi) is 15.0. The summed E-state index contributed by atoms with van der Waals surface area (Å²) in [6.07, 6.45) is 7.04. The molecule has 20 heavy (non-hydrogen) atoms. The number of carbonyl (C=O) groups is 2. The maximum Gasteiger partial charge on any atom is 2.00 e. The second-order valence-electron chi connectivity index (χ2n) is 5.67. The molecule has 0 saturated carbocycles. The van der Waals surface area contributed by atoms with Crippen molar-refractivity contribution in [3.8, 4) is 0 Å². The van der Waals surface area contributed by atoms with Gasteiger partial charge in [-0.05, 0) is 18.3 Å². The van der Waals surface area contributed by atoms with Crippen molar-refractivity contribution in [3.63, 3.8) is 0 Å². The molecule has 1 atom stereocenters. The molecule has 0 spiro atoms. The monoisotopic (exact) mass is 412 g/mol. The Bertz CT molecular complexity index is 275. The molecule has 0 saturated heterocycles. The summed E-state index contributed by atoms with van der Waals surface area (Å²) in [5, 5.41) is 17.9. The van der Waals surface area contributed by atoms with Crippen LogP contribution in [0.1, 0.15) is 68.6 Å². The van der Waals surface area contributed by atoms with E-state index in [1.165, 1.54) is 19.3 Å². The number of hydrogen-bond donors (Lipinski definition) is 2. The van der Waals surface area contributed by atoms with Crippen LogP contribution in [0.25, 0.3) is 0 Å². The van der Waals surface area contributed by atoms with Crippen molar-refractivity contribution in [2.24, 2.45) is 17.8 Å². The molecule has 0 aromatic heterocycles. The van der Waals surface area contributed by atoms with Gasteiger partial charge in [0.2, 0.25) is 0 Å². The second-order valence-corrected chi connectivity index (χ2v) is 5.67. The summed E-state index contributed by atoms with van der Waals surface area (Å²) in [7, 11) is 0. The van der Waals surface area contributed by atoms with Crippen LogP contribution in [0.4, 0.5) is 0 Å². The molecule has 2 N–H and O–H groups in total. The second kappa shape index (κ2) is 13.2. The Morgan fingerprint density at radius 1 is 1.00 bits per heavy atom. The molecule has 4 nitrogen and oxygen atoms in total. The normalized spacial score (nSPS) is 12.2. The summed E-state index contributed by atoms with van der Waals surface area (Å²) in [5.74, 6) is -3.19. The van der Waals surface area contributed by atoms with Gasteiger partial charge in [0.05, 0.1) is 0 Å². The first-order valence-electron chi connectivity index (χ1n) is 7.35. The Hall–Kier alpha value is 0.511. The van der Waals surface area contributed by atoms with Crippen molar-refractivity contribution in [3.05, 3.63) is 0 Å². The third kappa shape index (κ3) is 10.3. The summed E-state index contributed by atoms with van der Waals surface area (Å²) in [4.78, 5) is 21.9. The van der Waals surface area contributed by atoms with Crippen molar-refractivity contribution in [1.29, 1.82) is 0 Å². The van der Waals surface area contributed by atoms with Crippen LogP contribution < -0.4 is 0 Å². The first-order chi connectivity index (χ1) is 8.90. The van der Waals surface area contributed by atoms with E-state index in [0.717, 1.165) is 19.3 Å². The van der Waals surface area contributed by atoms with Gasteiger partial charge in [0.1, 0.15) is 0 Å². The average Bonchev–Trinajstić information content (AvgIpc) is 2.31. The smallest absolute Gasteiger partial charge is 1.00 e. The summed E-state index contributed by atoms with van der Waals surface area (Å²) < 4.78 is 0. The fraction of sp³-hybridized carbons (Fsp3) is 0.867. The molecule has 0 aromatic carbocycles. The summed E-state index contributed by atoms with van der Waals surface area (Å²) in [6.45, 7) is 6.25. The Morgan fingerprint density at radius 2 is 1.50 bits per heavy atom. The first kappa shape index (κ1) is 22.8. The van der Waals surface area contributed by atoms with Gasteiger partial charge in [-0.3, -0.25) is 9.59 Å². The van der Waals surface area contributed by atoms with E-state index in [0.29, 0.717) is 5.92 Å². The molecule has 0 amide bonds. The van der Waals surface area contributed by atoms with Gasteiger partial charge in [0.25, 0.3) is 0 Å². The first-order valence-corrected chi connectivity index (χ1v) is 7.35. The van der Waals surface area contributed by atoms with Crippen molar-refractivity contribution < 1.29 is 22.7 Å². The number of carboxylic acid groups (broad SMARTS) is 2. The molecular formula is C15H30BaO4. The zero-order valence-corrected chi connectivity index (χ0v) is 17.5. The molecule has 0 aliphatic rings. The maximum absolute atomic E-state index is 10.9. The van der Waals surface area contributed by atoms with Crippen LogP contribution in [0.2, 0.25) is 0 Å². The third-order valence-corrected chi connectivity index (χ3v) is 3.76. The minimum atomic E-state index is -1.26. The predicted octanol–water partition coefficient (Wildman–Crippen LogP) is 3.64. The molecule has 0 fully saturated rings. The molecule has 0 aliphatic carbocycles. The number of aliphatic carboxylic acids is 2. The van der Waals surface area contributed by atoms with Gasteiger partial charge >= 0.3 is 60.8 Å². The summed E-state index contributed by atoms with van der Waals surface area (Å²) in [6, 6.07) is 0. The fourth-order valence-corrected chi connectivity index (χ4v) is 2.34. The van der Waals surface area contributed by atoms with Gasteiger partial charge < -0.3 is 13.1 Å². The molecule has 5 heteroatoms. The minimum Gasteiger partial charge on any atom is -1.00 e. The van der Waals surface area contributed by atoms with Crippen LogP contribution in [0.3, 0.4) is 0 Å². The van der Waals surface area contributed by atoms with Crippen LogP contribution in [-0.4, -0.2) is 71.0 Å². The number of unbranched alkanes of at least 4 members (excludes halogenated alkanes) is 4. The largest absolute Gasteiger partial charge is 2.00 e. The topological polar surface area (TPSA) is 74.6 Å². The van der Waals surface area contributed by atoms with Gasteiger partial charge in [0.15, 0.2) is 5.92 Å². The van der Waals surface area contributed by atoms with E-state index in [4.69, 9.17) is 10.2 Å². The number of hydrogen-bond acceptors (Lipinski definition) is 2. The van der Waals surface area contributed by atoms with E-state index in [1.54, 1.807) is 0 Å². The van der Waals surface area contributed by atoms with Gasteiger partial charge in [-0.25, -0.2) is 0 Å². The fourth-order valence-electron chi connectivity index (χ4n) is 2.34. The van der Waals surface area contributed by atoms with E-state index in [2.05, 4.69) is 6.92 Å². The zero-order valence-electron chi connectivity index (χ0n) is 15.1. The number of rotatable bonds is 11. The molecule has 0 rings (SSSR count). The molecule has 0 radical (unpaired) electrons. The van der Waals surface area contributed by atoms with Crippen molar-refractivity contribution in [2.45, 2.75) is 65.7 Å². The van der Waals surface area contributed by atoms with Crippen LogP contribution >= 0.6 is 0 Å². The van der Waals surface area contributed by atoms with Crippen LogP contribution in [-0.2, 0) is 9.59 Å². The van der Waals surface area contributed by atoms with E-state index in [-0.39, 0.29) is 64.1 Å². The average molecular weight is 412 g/mol. The predicted molar refractivity (Wildman–Crippen MR) is 83.1 cm³/mol. The molecule has 0 bridgehead atoms. The minimum absolute atomic E-state index is 0. The maximum atomic E-state index is 10.9. The van der Waals surface area contributed by atoms with Gasteiger partial charge in [0, 0.05) is 0 Å². The Morgan fingerprint density at radius 3 is 1.90 bits per heavy atom. The van der Waals surface area contributed by atoms with E-state index in [1.807, 2.05) is 13.8 Å². The molecule has 1 unspecified atom stereocenters. The third-order valence-electron chi connectivity index (χ3n) is 3.76. The van der Waals surface area contributed by atoms with E-state index >= 15 is 0 Å². The Balaban J connectivity index is -0.000000540. The van der Waals surface area contributed by atoms with Gasteiger partial charge in [-0.2, -0.15) is 0 Å². The van der Waals surface area contributed by atoms with Crippen molar-refractivity contribution >= 4 is 60.8 Å². The summed E-state index contributed by atoms with van der Waals surface area (Å²) >= 11 is 0. The van der Waals surface area contributed by atoms with Crippen LogP contribution in [0.5, 0.6) is 0 Å². The molecular weight excluding hydrogens is 381 g/mol.